The predicted octanol–water partition coefficient (Wildman–Crippen LogP) is 0.891. The summed E-state index contributed by atoms with van der Waals surface area (Å²) in [5.41, 5.74) is 1.92. The molecule has 2 N–H and O–H groups in total. The van der Waals surface area contributed by atoms with Crippen molar-refractivity contribution < 1.29 is 9.90 Å². The Hall–Kier alpha value is -1.55. The van der Waals surface area contributed by atoms with Crippen LogP contribution in [-0.2, 0) is 11.2 Å². The Morgan fingerprint density at radius 2 is 2.35 bits per heavy atom. The van der Waals surface area contributed by atoms with Crippen molar-refractivity contribution >= 4 is 11.6 Å². The highest BCUT2D eigenvalue weighted by atomic mass is 16.3. The van der Waals surface area contributed by atoms with Crippen LogP contribution in [0.5, 0.6) is 5.75 Å². The van der Waals surface area contributed by atoms with Crippen LogP contribution in [0.2, 0.25) is 0 Å². The van der Waals surface area contributed by atoms with Crippen LogP contribution in [0.3, 0.4) is 0 Å². The number of hydrogen-bond acceptors (Lipinski definition) is 3. The highest BCUT2D eigenvalue weighted by Gasteiger charge is 2.30. The second-order valence-electron chi connectivity index (χ2n) is 4.85. The number of rotatable bonds is 2. The van der Waals surface area contributed by atoms with Gasteiger partial charge in [0, 0.05) is 12.6 Å². The largest absolute Gasteiger partial charge is 0.508 e. The summed E-state index contributed by atoms with van der Waals surface area (Å²) in [7, 11) is 0. The van der Waals surface area contributed by atoms with E-state index in [1.54, 1.807) is 12.1 Å². The van der Waals surface area contributed by atoms with Crippen LogP contribution in [0, 0.1) is 5.92 Å². The molecule has 0 aliphatic carbocycles. The number of phenols is 1. The van der Waals surface area contributed by atoms with E-state index >= 15 is 0 Å². The van der Waals surface area contributed by atoms with Crippen molar-refractivity contribution in [2.45, 2.75) is 12.8 Å². The van der Waals surface area contributed by atoms with Crippen LogP contribution in [-0.4, -0.2) is 30.6 Å². The maximum atomic E-state index is 12.0. The Kier molecular flexibility index (Phi) is 2.52. The van der Waals surface area contributed by atoms with Crippen LogP contribution in [0.15, 0.2) is 18.2 Å². The molecule has 0 aromatic heterocycles. The van der Waals surface area contributed by atoms with Crippen molar-refractivity contribution in [2.75, 3.05) is 24.5 Å². The topological polar surface area (TPSA) is 52.6 Å². The number of nitrogens with one attached hydrogen (secondary N) is 1. The second-order valence-corrected chi connectivity index (χ2v) is 4.85. The third-order valence-electron chi connectivity index (χ3n) is 3.61. The Balaban J connectivity index is 1.85. The van der Waals surface area contributed by atoms with E-state index in [1.165, 1.54) is 0 Å². The summed E-state index contributed by atoms with van der Waals surface area (Å²) in [4.78, 5) is 13.8. The van der Waals surface area contributed by atoms with E-state index in [2.05, 4.69) is 5.32 Å². The molecule has 1 atom stereocenters. The third-order valence-corrected chi connectivity index (χ3v) is 3.61. The maximum absolute atomic E-state index is 12.0. The summed E-state index contributed by atoms with van der Waals surface area (Å²) in [6.07, 6.45) is 1.59. The summed E-state index contributed by atoms with van der Waals surface area (Å²) in [6.45, 7) is 2.79. The first kappa shape index (κ1) is 10.6. The molecule has 1 saturated heterocycles. The molecule has 0 bridgehead atoms. The van der Waals surface area contributed by atoms with E-state index in [0.29, 0.717) is 12.3 Å². The number of aromatic hydroxyl groups is 1. The Labute approximate surface area is 100 Å². The van der Waals surface area contributed by atoms with Gasteiger partial charge in [-0.05, 0) is 37.1 Å². The van der Waals surface area contributed by atoms with Crippen LogP contribution in [0.1, 0.15) is 12.0 Å². The van der Waals surface area contributed by atoms with E-state index in [9.17, 15) is 9.90 Å². The molecular weight excluding hydrogens is 216 g/mol. The molecule has 4 nitrogen and oxygen atoms in total. The van der Waals surface area contributed by atoms with E-state index in [-0.39, 0.29) is 11.7 Å². The number of benzene rings is 1. The van der Waals surface area contributed by atoms with Crippen LogP contribution in [0.25, 0.3) is 0 Å². The number of carbonyl (C=O) groups excluding carboxylic acids is 1. The molecule has 0 radical (unpaired) electrons. The summed E-state index contributed by atoms with van der Waals surface area (Å²) in [6, 6.07) is 5.19. The molecule has 2 heterocycles. The zero-order valence-electron chi connectivity index (χ0n) is 9.65. The Morgan fingerprint density at radius 1 is 1.47 bits per heavy atom. The molecule has 4 heteroatoms. The van der Waals surface area contributed by atoms with Gasteiger partial charge in [-0.1, -0.05) is 6.07 Å². The second kappa shape index (κ2) is 4.04. The van der Waals surface area contributed by atoms with Gasteiger partial charge in [0.15, 0.2) is 0 Å². The van der Waals surface area contributed by atoms with Gasteiger partial charge in [-0.15, -0.1) is 0 Å². The summed E-state index contributed by atoms with van der Waals surface area (Å²) >= 11 is 0. The molecule has 1 unspecified atom stereocenters. The van der Waals surface area contributed by atoms with Crippen molar-refractivity contribution in [3.63, 3.8) is 0 Å². The zero-order valence-corrected chi connectivity index (χ0v) is 9.65. The van der Waals surface area contributed by atoms with Crippen molar-refractivity contribution in [2.24, 2.45) is 5.92 Å². The standard InChI is InChI=1S/C13H16N2O2/c16-11-2-1-10-5-13(17)15(12(10)6-11)8-9-3-4-14-7-9/h1-2,6,9,14,16H,3-5,7-8H2. The lowest BCUT2D eigenvalue weighted by Gasteiger charge is -2.21. The smallest absolute Gasteiger partial charge is 0.231 e. The molecule has 2 aliphatic rings. The number of phenolic OH excluding ortho intramolecular Hbond substituents is 1. The number of anilines is 1. The van der Waals surface area contributed by atoms with Gasteiger partial charge in [0.2, 0.25) is 5.91 Å². The van der Waals surface area contributed by atoms with E-state index in [0.717, 1.165) is 37.3 Å². The Bertz CT molecular complexity index is 453. The first-order valence-electron chi connectivity index (χ1n) is 6.07. The minimum absolute atomic E-state index is 0.150. The van der Waals surface area contributed by atoms with Crippen LogP contribution >= 0.6 is 0 Å². The number of nitrogens with zero attached hydrogens (tertiary/aromatic N) is 1. The first-order chi connectivity index (χ1) is 8.24. The maximum Gasteiger partial charge on any atom is 0.231 e. The molecule has 2 aliphatic heterocycles. The zero-order chi connectivity index (χ0) is 11.8. The lowest BCUT2D eigenvalue weighted by molar-refractivity contribution is -0.117. The number of fused-ring (bicyclic) bond motifs is 1. The van der Waals surface area contributed by atoms with Crippen molar-refractivity contribution in [3.8, 4) is 5.75 Å². The molecule has 3 rings (SSSR count). The summed E-state index contributed by atoms with van der Waals surface area (Å²) in [5, 5.41) is 12.8. The van der Waals surface area contributed by atoms with Gasteiger partial charge >= 0.3 is 0 Å². The van der Waals surface area contributed by atoms with Gasteiger partial charge in [0.1, 0.15) is 5.75 Å². The van der Waals surface area contributed by atoms with E-state index in [4.69, 9.17) is 0 Å². The number of hydrogen-bond donors (Lipinski definition) is 2. The highest BCUT2D eigenvalue weighted by molar-refractivity contribution is 6.01. The average molecular weight is 232 g/mol. The van der Waals surface area contributed by atoms with Gasteiger partial charge in [-0.2, -0.15) is 0 Å². The quantitative estimate of drug-likeness (QED) is 0.796. The minimum atomic E-state index is 0.150. The fraction of sp³-hybridized carbons (Fsp3) is 0.462. The van der Waals surface area contributed by atoms with Crippen LogP contribution in [0.4, 0.5) is 5.69 Å². The highest BCUT2D eigenvalue weighted by Crippen LogP contribution is 2.32. The molecule has 17 heavy (non-hydrogen) atoms. The van der Waals surface area contributed by atoms with Gasteiger partial charge in [0.25, 0.3) is 0 Å². The number of carbonyl (C=O) groups is 1. The molecule has 0 spiro atoms. The SMILES string of the molecule is O=C1Cc2ccc(O)cc2N1CC1CCNC1. The summed E-state index contributed by atoms with van der Waals surface area (Å²) < 4.78 is 0. The van der Waals surface area contributed by atoms with Crippen LogP contribution < -0.4 is 10.2 Å². The van der Waals surface area contributed by atoms with E-state index < -0.39 is 0 Å². The molecule has 1 aromatic carbocycles. The van der Waals surface area contributed by atoms with Gasteiger partial charge < -0.3 is 15.3 Å². The average Bonchev–Trinajstić information content (AvgIpc) is 2.90. The molecular formula is C13H16N2O2. The minimum Gasteiger partial charge on any atom is -0.508 e. The van der Waals surface area contributed by atoms with Crippen molar-refractivity contribution in [1.29, 1.82) is 0 Å². The van der Waals surface area contributed by atoms with E-state index in [1.807, 2.05) is 11.0 Å². The molecule has 1 fully saturated rings. The molecule has 0 saturated carbocycles. The van der Waals surface area contributed by atoms with Crippen molar-refractivity contribution in [3.05, 3.63) is 23.8 Å². The normalized spacial score (nSPS) is 23.2. The Morgan fingerprint density at radius 3 is 3.12 bits per heavy atom. The lowest BCUT2D eigenvalue weighted by atomic mass is 10.1. The van der Waals surface area contributed by atoms with Gasteiger partial charge in [-0.25, -0.2) is 0 Å². The fourth-order valence-corrected chi connectivity index (χ4v) is 2.67. The lowest BCUT2D eigenvalue weighted by Crippen LogP contribution is -2.33. The molecule has 1 amide bonds. The van der Waals surface area contributed by atoms with Gasteiger partial charge in [-0.3, -0.25) is 4.79 Å². The van der Waals surface area contributed by atoms with Crippen molar-refractivity contribution in [1.82, 2.24) is 5.32 Å². The molecule has 1 aromatic rings. The van der Waals surface area contributed by atoms with Gasteiger partial charge in [0.05, 0.1) is 12.1 Å². The predicted molar refractivity (Wildman–Crippen MR) is 65.1 cm³/mol. The third kappa shape index (κ3) is 1.89. The monoisotopic (exact) mass is 232 g/mol. The number of amides is 1. The first-order valence-corrected chi connectivity index (χ1v) is 6.07. The summed E-state index contributed by atoms with van der Waals surface area (Å²) in [5.74, 6) is 0.915. The fourth-order valence-electron chi connectivity index (χ4n) is 2.67. The molecule has 90 valence electrons.